The molecule has 7 nitrogen and oxygen atoms in total. The highest BCUT2D eigenvalue weighted by molar-refractivity contribution is 7.20. The molecule has 0 radical (unpaired) electrons. The fraction of sp³-hybridized carbons (Fsp3) is 0.143. The Morgan fingerprint density at radius 2 is 1.83 bits per heavy atom. The summed E-state index contributed by atoms with van der Waals surface area (Å²) in [6, 6.07) is 14.1. The summed E-state index contributed by atoms with van der Waals surface area (Å²) >= 11 is 7.28. The van der Waals surface area contributed by atoms with Crippen molar-refractivity contribution < 1.29 is 9.59 Å². The molecule has 1 N–H and O–H groups in total. The molecule has 5 rings (SSSR count). The predicted molar refractivity (Wildman–Crippen MR) is 116 cm³/mol. The number of nitrogens with zero attached hydrogens (tertiary/aromatic N) is 3. The van der Waals surface area contributed by atoms with Gasteiger partial charge in [-0.05, 0) is 43.3 Å². The van der Waals surface area contributed by atoms with E-state index in [2.05, 4.69) is 10.1 Å². The number of nitrogens with one attached hydrogen (secondary N) is 1. The number of imide groups is 1. The molecule has 0 spiro atoms. The van der Waals surface area contributed by atoms with Gasteiger partial charge in [-0.15, -0.1) is 0 Å². The Morgan fingerprint density at radius 3 is 2.57 bits per heavy atom. The molecule has 1 atom stereocenters. The van der Waals surface area contributed by atoms with Crippen LogP contribution in [0.3, 0.4) is 0 Å². The van der Waals surface area contributed by atoms with Crippen molar-refractivity contribution in [3.05, 3.63) is 75.2 Å². The number of amides is 2. The van der Waals surface area contributed by atoms with Crippen molar-refractivity contribution in [3.63, 3.8) is 0 Å². The molecule has 1 fully saturated rings. The molecule has 2 aromatic carbocycles. The maximum absolute atomic E-state index is 13.2. The van der Waals surface area contributed by atoms with Gasteiger partial charge < -0.3 is 0 Å². The van der Waals surface area contributed by atoms with Gasteiger partial charge in [0.2, 0.25) is 16.9 Å². The lowest BCUT2D eigenvalue weighted by atomic mass is 9.98. The maximum Gasteiger partial charge on any atom is 0.277 e. The number of rotatable bonds is 3. The third-order valence-electron chi connectivity index (χ3n) is 5.17. The van der Waals surface area contributed by atoms with Crippen LogP contribution in [-0.2, 0) is 9.59 Å². The molecule has 0 aliphatic carbocycles. The summed E-state index contributed by atoms with van der Waals surface area (Å²) in [7, 11) is 0. The van der Waals surface area contributed by atoms with E-state index in [1.165, 1.54) is 16.0 Å². The summed E-state index contributed by atoms with van der Waals surface area (Å²) in [6.07, 6.45) is -0.0603. The molecular formula is C21H15ClN4O3S. The Hall–Kier alpha value is -3.23. The highest BCUT2D eigenvalue weighted by Crippen LogP contribution is 2.34. The number of hydrogen-bond acceptors (Lipinski definition) is 5. The second kappa shape index (κ2) is 6.93. The number of aromatic nitrogens is 3. The largest absolute Gasteiger partial charge is 0.293 e. The molecule has 0 unspecified atom stereocenters. The smallest absolute Gasteiger partial charge is 0.277 e. The predicted octanol–water partition coefficient (Wildman–Crippen LogP) is 3.78. The summed E-state index contributed by atoms with van der Waals surface area (Å²) in [6.45, 7) is 1.73. The number of aryl methyl sites for hydroxylation is 1. The normalized spacial score (nSPS) is 16.7. The van der Waals surface area contributed by atoms with Crippen molar-refractivity contribution in [3.8, 4) is 5.13 Å². The number of hydrogen-bond donors (Lipinski definition) is 1. The lowest BCUT2D eigenvalue weighted by molar-refractivity contribution is -0.121. The van der Waals surface area contributed by atoms with Crippen LogP contribution in [0.2, 0.25) is 5.02 Å². The molecule has 0 saturated carbocycles. The van der Waals surface area contributed by atoms with Gasteiger partial charge >= 0.3 is 0 Å². The molecule has 4 aromatic rings. The van der Waals surface area contributed by atoms with Crippen molar-refractivity contribution in [1.82, 2.24) is 14.8 Å². The maximum atomic E-state index is 13.2. The molecule has 0 bridgehead atoms. The zero-order valence-corrected chi connectivity index (χ0v) is 17.3. The molecule has 1 aliphatic rings. The van der Waals surface area contributed by atoms with E-state index in [4.69, 9.17) is 11.6 Å². The van der Waals surface area contributed by atoms with Crippen molar-refractivity contribution >= 4 is 50.7 Å². The molecule has 3 heterocycles. The third-order valence-corrected chi connectivity index (χ3v) is 6.44. The zero-order valence-electron chi connectivity index (χ0n) is 15.8. The summed E-state index contributed by atoms with van der Waals surface area (Å²) in [5.74, 6) is -1.61. The fourth-order valence-electron chi connectivity index (χ4n) is 3.78. The molecule has 150 valence electrons. The van der Waals surface area contributed by atoms with Crippen LogP contribution < -0.4 is 10.5 Å². The van der Waals surface area contributed by atoms with Crippen LogP contribution in [0.25, 0.3) is 15.3 Å². The van der Waals surface area contributed by atoms with Gasteiger partial charge in [0, 0.05) is 17.1 Å². The highest BCUT2D eigenvalue weighted by Gasteiger charge is 2.43. The number of benzene rings is 2. The minimum Gasteiger partial charge on any atom is -0.293 e. The van der Waals surface area contributed by atoms with Crippen LogP contribution >= 0.6 is 22.9 Å². The van der Waals surface area contributed by atoms with Crippen LogP contribution in [0.5, 0.6) is 0 Å². The van der Waals surface area contributed by atoms with Gasteiger partial charge in [0.05, 0.1) is 27.4 Å². The van der Waals surface area contributed by atoms with Gasteiger partial charge in [0.1, 0.15) is 0 Å². The van der Waals surface area contributed by atoms with Crippen LogP contribution in [-0.4, -0.2) is 26.6 Å². The minimum atomic E-state index is -0.840. The quantitative estimate of drug-likeness (QED) is 0.493. The third kappa shape index (κ3) is 2.88. The van der Waals surface area contributed by atoms with E-state index in [0.29, 0.717) is 27.1 Å². The van der Waals surface area contributed by atoms with Gasteiger partial charge in [-0.25, -0.2) is 4.98 Å². The van der Waals surface area contributed by atoms with Crippen molar-refractivity contribution in [2.75, 3.05) is 4.90 Å². The summed E-state index contributed by atoms with van der Waals surface area (Å²) in [4.78, 5) is 44.5. The average molecular weight is 439 g/mol. The van der Waals surface area contributed by atoms with Gasteiger partial charge in [-0.1, -0.05) is 35.1 Å². The van der Waals surface area contributed by atoms with E-state index < -0.39 is 11.8 Å². The van der Waals surface area contributed by atoms with Crippen LogP contribution in [0.15, 0.2) is 53.3 Å². The van der Waals surface area contributed by atoms with Crippen molar-refractivity contribution in [1.29, 1.82) is 0 Å². The Bertz CT molecular complexity index is 1340. The first-order valence-electron chi connectivity index (χ1n) is 9.24. The number of halogens is 1. The molecule has 1 aliphatic heterocycles. The van der Waals surface area contributed by atoms with Crippen molar-refractivity contribution in [2.45, 2.75) is 19.3 Å². The number of aromatic amines is 1. The van der Waals surface area contributed by atoms with E-state index in [0.717, 1.165) is 15.1 Å². The zero-order chi connectivity index (χ0) is 21.0. The minimum absolute atomic E-state index is 0.0603. The average Bonchev–Trinajstić information content (AvgIpc) is 3.36. The molecular weight excluding hydrogens is 424 g/mol. The summed E-state index contributed by atoms with van der Waals surface area (Å²) in [5.41, 5.74) is 1.71. The Morgan fingerprint density at radius 1 is 1.10 bits per heavy atom. The van der Waals surface area contributed by atoms with Gasteiger partial charge in [0.25, 0.3) is 5.56 Å². The van der Waals surface area contributed by atoms with E-state index in [9.17, 15) is 14.4 Å². The Kier molecular flexibility index (Phi) is 4.34. The number of H-pyrrole nitrogens is 1. The number of para-hydroxylation sites is 1. The summed E-state index contributed by atoms with van der Waals surface area (Å²) < 4.78 is 2.30. The lowest BCUT2D eigenvalue weighted by Crippen LogP contribution is -2.31. The Labute approximate surface area is 179 Å². The van der Waals surface area contributed by atoms with Crippen molar-refractivity contribution in [2.24, 2.45) is 0 Å². The molecule has 30 heavy (non-hydrogen) atoms. The van der Waals surface area contributed by atoms with E-state index in [1.54, 1.807) is 31.2 Å². The summed E-state index contributed by atoms with van der Waals surface area (Å²) in [5, 5.41) is 4.01. The highest BCUT2D eigenvalue weighted by atomic mass is 35.5. The SMILES string of the molecule is Cc1[nH]n(-c2nc3ccccc3s2)c(=O)c1[C@H]1CC(=O)N(c2ccc(Cl)cc2)C1=O. The molecule has 2 aromatic heterocycles. The first-order valence-corrected chi connectivity index (χ1v) is 10.4. The van der Waals surface area contributed by atoms with E-state index >= 15 is 0 Å². The van der Waals surface area contributed by atoms with Gasteiger partial charge in [-0.3, -0.25) is 24.4 Å². The van der Waals surface area contributed by atoms with Gasteiger partial charge in [-0.2, -0.15) is 4.68 Å². The monoisotopic (exact) mass is 438 g/mol. The topological polar surface area (TPSA) is 88.1 Å². The van der Waals surface area contributed by atoms with Gasteiger partial charge in [0.15, 0.2) is 0 Å². The van der Waals surface area contributed by atoms with Crippen LogP contribution in [0.1, 0.15) is 23.6 Å². The first kappa shape index (κ1) is 18.8. The number of fused-ring (bicyclic) bond motifs is 1. The van der Waals surface area contributed by atoms with Crippen LogP contribution in [0, 0.1) is 6.92 Å². The first-order chi connectivity index (χ1) is 14.4. The van der Waals surface area contributed by atoms with E-state index in [-0.39, 0.29) is 17.9 Å². The molecule has 1 saturated heterocycles. The number of anilines is 1. The Balaban J connectivity index is 1.55. The number of thiazole rings is 1. The van der Waals surface area contributed by atoms with E-state index in [1.807, 2.05) is 24.3 Å². The fourth-order valence-corrected chi connectivity index (χ4v) is 4.83. The second-order valence-corrected chi connectivity index (χ2v) is 8.50. The standard InChI is InChI=1S/C21H15ClN4O3S/c1-11-18(14-10-17(27)25(19(14)28)13-8-6-12(22)7-9-13)20(29)26(24-11)21-23-15-4-2-3-5-16(15)30-21/h2-9,14,24H,10H2,1H3/t14-/m1/s1. The molecule has 9 heteroatoms. The number of carbonyl (C=O) groups is 2. The lowest BCUT2D eigenvalue weighted by Gasteiger charge is -2.14. The number of carbonyl (C=O) groups excluding carboxylic acids is 2. The van der Waals surface area contributed by atoms with Crippen LogP contribution in [0.4, 0.5) is 5.69 Å². The second-order valence-electron chi connectivity index (χ2n) is 7.06. The molecule has 2 amide bonds.